The molecule has 0 atom stereocenters. The fraction of sp³-hybridized carbons (Fsp3) is 1.00. The molecule has 0 saturated carbocycles. The monoisotopic (exact) mass is 255 g/mol. The van der Waals surface area contributed by atoms with Gasteiger partial charge in [-0.3, -0.25) is 0 Å². The minimum absolute atomic E-state index is 0.885. The molecule has 0 bridgehead atoms. The van der Waals surface area contributed by atoms with Crippen LogP contribution in [0.1, 0.15) is 85.5 Å². The van der Waals surface area contributed by atoms with Gasteiger partial charge in [0.1, 0.15) is 0 Å². The molecule has 0 aromatic carbocycles. The van der Waals surface area contributed by atoms with Crippen molar-refractivity contribution in [3.8, 4) is 0 Å². The van der Waals surface area contributed by atoms with Crippen LogP contribution in [0.25, 0.3) is 0 Å². The molecule has 110 valence electrons. The summed E-state index contributed by atoms with van der Waals surface area (Å²) < 4.78 is 0. The SMILES string of the molecule is CCCCN(CCCC)CCCCCCC(C)C. The van der Waals surface area contributed by atoms with E-state index in [2.05, 4.69) is 32.6 Å². The lowest BCUT2D eigenvalue weighted by molar-refractivity contribution is 0.258. The molecule has 0 aromatic heterocycles. The maximum Gasteiger partial charge on any atom is -0.00187 e. The maximum atomic E-state index is 2.69. The van der Waals surface area contributed by atoms with E-state index in [1.165, 1.54) is 77.4 Å². The first-order chi connectivity index (χ1) is 8.70. The molecule has 0 rings (SSSR count). The molecule has 0 aliphatic heterocycles. The number of rotatable bonds is 13. The van der Waals surface area contributed by atoms with Crippen LogP contribution in [0.15, 0.2) is 0 Å². The van der Waals surface area contributed by atoms with E-state index < -0.39 is 0 Å². The highest BCUT2D eigenvalue weighted by Gasteiger charge is 2.03. The van der Waals surface area contributed by atoms with Gasteiger partial charge in [-0.25, -0.2) is 0 Å². The standard InChI is InChI=1S/C17H37N/c1-5-7-14-18(15-8-6-2)16-12-10-9-11-13-17(3)4/h17H,5-16H2,1-4H3. The van der Waals surface area contributed by atoms with Crippen LogP contribution in [-0.2, 0) is 0 Å². The zero-order valence-corrected chi connectivity index (χ0v) is 13.5. The summed E-state index contributed by atoms with van der Waals surface area (Å²) in [7, 11) is 0. The smallest absolute Gasteiger partial charge is 0.00187 e. The molecule has 0 aliphatic carbocycles. The highest BCUT2D eigenvalue weighted by molar-refractivity contribution is 4.58. The van der Waals surface area contributed by atoms with Gasteiger partial charge >= 0.3 is 0 Å². The van der Waals surface area contributed by atoms with E-state index in [1.54, 1.807) is 0 Å². The summed E-state index contributed by atoms with van der Waals surface area (Å²) in [5, 5.41) is 0. The van der Waals surface area contributed by atoms with Crippen molar-refractivity contribution in [1.29, 1.82) is 0 Å². The summed E-state index contributed by atoms with van der Waals surface area (Å²) in [5.74, 6) is 0.885. The Morgan fingerprint density at radius 3 is 1.67 bits per heavy atom. The summed E-state index contributed by atoms with van der Waals surface area (Å²) in [6.07, 6.45) is 12.5. The predicted molar refractivity (Wildman–Crippen MR) is 84.2 cm³/mol. The van der Waals surface area contributed by atoms with E-state index in [4.69, 9.17) is 0 Å². The van der Waals surface area contributed by atoms with Gasteiger partial charge in [-0.1, -0.05) is 66.2 Å². The molecule has 0 aliphatic rings. The number of hydrogen-bond acceptors (Lipinski definition) is 1. The van der Waals surface area contributed by atoms with Gasteiger partial charge in [0, 0.05) is 0 Å². The summed E-state index contributed by atoms with van der Waals surface area (Å²) in [4.78, 5) is 2.69. The average Bonchev–Trinajstić information content (AvgIpc) is 2.35. The van der Waals surface area contributed by atoms with Crippen molar-refractivity contribution < 1.29 is 0 Å². The second-order valence-electron chi connectivity index (χ2n) is 6.15. The van der Waals surface area contributed by atoms with E-state index in [-0.39, 0.29) is 0 Å². The lowest BCUT2D eigenvalue weighted by Gasteiger charge is -2.21. The van der Waals surface area contributed by atoms with Crippen LogP contribution in [0.5, 0.6) is 0 Å². The van der Waals surface area contributed by atoms with E-state index in [1.807, 2.05) is 0 Å². The van der Waals surface area contributed by atoms with Crippen LogP contribution in [0.2, 0.25) is 0 Å². The second kappa shape index (κ2) is 13.4. The summed E-state index contributed by atoms with van der Waals surface area (Å²) >= 11 is 0. The third-order valence-electron chi connectivity index (χ3n) is 3.66. The van der Waals surface area contributed by atoms with Crippen molar-refractivity contribution in [2.45, 2.75) is 85.5 Å². The Bertz CT molecular complexity index is 146. The molecule has 18 heavy (non-hydrogen) atoms. The zero-order valence-electron chi connectivity index (χ0n) is 13.5. The summed E-state index contributed by atoms with van der Waals surface area (Å²) in [6.45, 7) is 13.2. The lowest BCUT2D eigenvalue weighted by Crippen LogP contribution is -2.27. The first kappa shape index (κ1) is 18.0. The van der Waals surface area contributed by atoms with Gasteiger partial charge in [-0.15, -0.1) is 0 Å². The Balaban J connectivity index is 3.49. The second-order valence-corrected chi connectivity index (χ2v) is 6.15. The van der Waals surface area contributed by atoms with Gasteiger partial charge in [0.05, 0.1) is 0 Å². The highest BCUT2D eigenvalue weighted by atomic mass is 15.1. The topological polar surface area (TPSA) is 3.24 Å². The number of hydrogen-bond donors (Lipinski definition) is 0. The molecule has 0 amide bonds. The molecule has 0 aromatic rings. The first-order valence-electron chi connectivity index (χ1n) is 8.43. The Kier molecular flexibility index (Phi) is 13.4. The molecule has 1 nitrogen and oxygen atoms in total. The maximum absolute atomic E-state index is 2.69. The largest absolute Gasteiger partial charge is 0.303 e. The van der Waals surface area contributed by atoms with E-state index in [0.29, 0.717) is 0 Å². The van der Waals surface area contributed by atoms with Crippen LogP contribution >= 0.6 is 0 Å². The molecule has 0 radical (unpaired) electrons. The molecular weight excluding hydrogens is 218 g/mol. The Hall–Kier alpha value is -0.0400. The van der Waals surface area contributed by atoms with Gasteiger partial charge in [-0.2, -0.15) is 0 Å². The molecule has 1 heteroatoms. The predicted octanol–water partition coefficient (Wildman–Crippen LogP) is 5.50. The van der Waals surface area contributed by atoms with Gasteiger partial charge in [0.15, 0.2) is 0 Å². The van der Waals surface area contributed by atoms with Crippen molar-refractivity contribution in [2.75, 3.05) is 19.6 Å². The normalized spacial score (nSPS) is 11.7. The van der Waals surface area contributed by atoms with Gasteiger partial charge in [-0.05, 0) is 44.8 Å². The quantitative estimate of drug-likeness (QED) is 0.393. The molecule has 0 saturated heterocycles. The number of unbranched alkanes of at least 4 members (excludes halogenated alkanes) is 5. The van der Waals surface area contributed by atoms with Crippen molar-refractivity contribution in [3.63, 3.8) is 0 Å². The molecular formula is C17H37N. The lowest BCUT2D eigenvalue weighted by atomic mass is 10.0. The summed E-state index contributed by atoms with van der Waals surface area (Å²) in [5.41, 5.74) is 0. The van der Waals surface area contributed by atoms with Crippen molar-refractivity contribution >= 4 is 0 Å². The third kappa shape index (κ3) is 12.4. The van der Waals surface area contributed by atoms with Crippen LogP contribution in [-0.4, -0.2) is 24.5 Å². The van der Waals surface area contributed by atoms with Gasteiger partial charge in [0.2, 0.25) is 0 Å². The van der Waals surface area contributed by atoms with Gasteiger partial charge in [0.25, 0.3) is 0 Å². The number of nitrogens with zero attached hydrogens (tertiary/aromatic N) is 1. The summed E-state index contributed by atoms with van der Waals surface area (Å²) in [6, 6.07) is 0. The fourth-order valence-electron chi connectivity index (χ4n) is 2.34. The Morgan fingerprint density at radius 2 is 1.17 bits per heavy atom. The molecule has 0 spiro atoms. The van der Waals surface area contributed by atoms with Crippen LogP contribution in [0.4, 0.5) is 0 Å². The Morgan fingerprint density at radius 1 is 0.667 bits per heavy atom. The molecule has 0 unspecified atom stereocenters. The minimum atomic E-state index is 0.885. The van der Waals surface area contributed by atoms with Gasteiger partial charge < -0.3 is 4.90 Å². The molecule has 0 fully saturated rings. The van der Waals surface area contributed by atoms with E-state index >= 15 is 0 Å². The Labute approximate surface area is 116 Å². The van der Waals surface area contributed by atoms with E-state index in [0.717, 1.165) is 5.92 Å². The van der Waals surface area contributed by atoms with Crippen LogP contribution in [0, 0.1) is 5.92 Å². The van der Waals surface area contributed by atoms with Crippen molar-refractivity contribution in [3.05, 3.63) is 0 Å². The minimum Gasteiger partial charge on any atom is -0.303 e. The molecule has 0 N–H and O–H groups in total. The van der Waals surface area contributed by atoms with Crippen molar-refractivity contribution in [2.24, 2.45) is 5.92 Å². The zero-order chi connectivity index (χ0) is 13.6. The van der Waals surface area contributed by atoms with E-state index in [9.17, 15) is 0 Å². The third-order valence-corrected chi connectivity index (χ3v) is 3.66. The highest BCUT2D eigenvalue weighted by Crippen LogP contribution is 2.10. The average molecular weight is 255 g/mol. The first-order valence-corrected chi connectivity index (χ1v) is 8.43. The molecule has 0 heterocycles. The fourth-order valence-corrected chi connectivity index (χ4v) is 2.34. The van der Waals surface area contributed by atoms with Crippen LogP contribution in [0.3, 0.4) is 0 Å². The van der Waals surface area contributed by atoms with Crippen molar-refractivity contribution in [1.82, 2.24) is 4.90 Å². The van der Waals surface area contributed by atoms with Crippen LogP contribution < -0.4 is 0 Å².